The lowest BCUT2D eigenvalue weighted by Crippen LogP contribution is -1.97. The van der Waals surface area contributed by atoms with Gasteiger partial charge in [0.2, 0.25) is 0 Å². The Labute approximate surface area is 60.8 Å². The van der Waals surface area contributed by atoms with E-state index in [4.69, 9.17) is 5.11 Å². The zero-order valence-corrected chi connectivity index (χ0v) is 6.40. The zero-order chi connectivity index (χ0) is 7.44. The maximum atomic E-state index is 10.0. The first kappa shape index (κ1) is 8.62. The SMILES string of the molecule is BC(CC(=O)O)=C(C)S. The van der Waals surface area contributed by atoms with Crippen LogP contribution in [0.15, 0.2) is 10.4 Å². The van der Waals surface area contributed by atoms with Gasteiger partial charge in [-0.15, -0.1) is 12.6 Å². The van der Waals surface area contributed by atoms with Crippen LogP contribution in [-0.2, 0) is 4.79 Å². The Hall–Kier alpha value is -0.375. The Kier molecular flexibility index (Phi) is 3.46. The van der Waals surface area contributed by atoms with Crippen LogP contribution in [0, 0.1) is 0 Å². The molecule has 0 saturated carbocycles. The van der Waals surface area contributed by atoms with E-state index in [2.05, 4.69) is 12.6 Å². The summed E-state index contributed by atoms with van der Waals surface area (Å²) in [4.78, 5) is 10.8. The first-order valence-electron chi connectivity index (χ1n) is 2.61. The van der Waals surface area contributed by atoms with Crippen molar-refractivity contribution in [1.29, 1.82) is 0 Å². The zero-order valence-electron chi connectivity index (χ0n) is 5.51. The van der Waals surface area contributed by atoms with Gasteiger partial charge in [0.05, 0.1) is 6.42 Å². The molecule has 0 rings (SSSR count). The average molecular weight is 144 g/mol. The van der Waals surface area contributed by atoms with Gasteiger partial charge in [0.15, 0.2) is 0 Å². The normalized spacial score (nSPS) is 12.7. The molecular weight excluding hydrogens is 135 g/mol. The van der Waals surface area contributed by atoms with Gasteiger partial charge < -0.3 is 5.11 Å². The van der Waals surface area contributed by atoms with Crippen LogP contribution in [0.3, 0.4) is 0 Å². The van der Waals surface area contributed by atoms with Crippen LogP contribution in [0.2, 0.25) is 0 Å². The second kappa shape index (κ2) is 3.61. The monoisotopic (exact) mass is 144 g/mol. The van der Waals surface area contributed by atoms with Crippen LogP contribution in [0.5, 0.6) is 0 Å². The van der Waals surface area contributed by atoms with Gasteiger partial charge in [0, 0.05) is 0 Å². The van der Waals surface area contributed by atoms with Crippen LogP contribution in [0.25, 0.3) is 0 Å². The molecule has 0 aliphatic carbocycles. The highest BCUT2D eigenvalue weighted by Gasteiger charge is 1.98. The predicted octanol–water partition coefficient (Wildman–Crippen LogP) is 0.256. The smallest absolute Gasteiger partial charge is 0.306 e. The molecule has 0 aliphatic rings. The fourth-order valence-corrected chi connectivity index (χ4v) is 0.434. The van der Waals surface area contributed by atoms with E-state index in [9.17, 15) is 4.79 Å². The number of hydrogen-bond acceptors (Lipinski definition) is 2. The summed E-state index contributed by atoms with van der Waals surface area (Å²) in [5.74, 6) is -0.805. The van der Waals surface area contributed by atoms with E-state index < -0.39 is 5.97 Å². The van der Waals surface area contributed by atoms with Crippen LogP contribution >= 0.6 is 12.6 Å². The highest BCUT2D eigenvalue weighted by Crippen LogP contribution is 2.06. The van der Waals surface area contributed by atoms with Crippen molar-refractivity contribution in [1.82, 2.24) is 0 Å². The summed E-state index contributed by atoms with van der Waals surface area (Å²) in [6.45, 7) is 1.78. The number of thiol groups is 1. The molecule has 9 heavy (non-hydrogen) atoms. The maximum Gasteiger partial charge on any atom is 0.306 e. The third-order valence-corrected chi connectivity index (χ3v) is 1.42. The molecule has 0 radical (unpaired) electrons. The van der Waals surface area contributed by atoms with E-state index in [0.717, 1.165) is 10.4 Å². The lowest BCUT2D eigenvalue weighted by Gasteiger charge is -1.96. The molecule has 1 N–H and O–H groups in total. The summed E-state index contributed by atoms with van der Waals surface area (Å²) < 4.78 is 0. The lowest BCUT2D eigenvalue weighted by atomic mass is 9.92. The quantitative estimate of drug-likeness (QED) is 0.430. The first-order chi connectivity index (χ1) is 4.04. The van der Waals surface area contributed by atoms with Gasteiger partial charge in [-0.25, -0.2) is 0 Å². The lowest BCUT2D eigenvalue weighted by molar-refractivity contribution is -0.136. The number of hydrogen-bond donors (Lipinski definition) is 2. The summed E-state index contributed by atoms with van der Waals surface area (Å²) in [7, 11) is 1.76. The van der Waals surface area contributed by atoms with Crippen molar-refractivity contribution in [2.45, 2.75) is 13.3 Å². The van der Waals surface area contributed by atoms with Gasteiger partial charge in [-0.2, -0.15) is 0 Å². The van der Waals surface area contributed by atoms with Crippen LogP contribution in [0.1, 0.15) is 13.3 Å². The van der Waals surface area contributed by atoms with Crippen LogP contribution in [0.4, 0.5) is 0 Å². The number of carboxylic acids is 1. The summed E-state index contributed by atoms with van der Waals surface area (Å²) in [6, 6.07) is 0. The van der Waals surface area contributed by atoms with Crippen LogP contribution < -0.4 is 0 Å². The molecule has 50 valence electrons. The molecule has 0 saturated heterocycles. The molecule has 0 unspecified atom stereocenters. The molecular formula is C5H9BO2S. The molecule has 0 amide bonds. The van der Waals surface area contributed by atoms with E-state index in [1.54, 1.807) is 14.8 Å². The highest BCUT2D eigenvalue weighted by molar-refractivity contribution is 7.84. The molecule has 0 atom stereocenters. The van der Waals surface area contributed by atoms with Crippen molar-refractivity contribution in [2.24, 2.45) is 0 Å². The first-order valence-corrected chi connectivity index (χ1v) is 3.06. The Bertz CT molecular complexity index is 149. The minimum Gasteiger partial charge on any atom is -0.481 e. The van der Waals surface area contributed by atoms with Crippen molar-refractivity contribution < 1.29 is 9.90 Å². The van der Waals surface area contributed by atoms with Crippen LogP contribution in [-0.4, -0.2) is 18.9 Å². The molecule has 0 aliphatic heterocycles. The number of aliphatic carboxylic acids is 1. The summed E-state index contributed by atoms with van der Waals surface area (Å²) >= 11 is 3.98. The number of allylic oxidation sites excluding steroid dienone is 1. The molecule has 0 spiro atoms. The fraction of sp³-hybridized carbons (Fsp3) is 0.400. The van der Waals surface area contributed by atoms with E-state index >= 15 is 0 Å². The topological polar surface area (TPSA) is 37.3 Å². The molecule has 0 heterocycles. The Morgan fingerprint density at radius 2 is 2.22 bits per heavy atom. The molecule has 2 nitrogen and oxygen atoms in total. The fourth-order valence-electron chi connectivity index (χ4n) is 0.355. The molecule has 0 aromatic rings. The molecule has 0 fully saturated rings. The third-order valence-electron chi connectivity index (χ3n) is 1.03. The molecule has 0 aromatic heterocycles. The van der Waals surface area contributed by atoms with E-state index in [0.29, 0.717) is 0 Å². The number of carboxylic acid groups (broad SMARTS) is 1. The van der Waals surface area contributed by atoms with Gasteiger partial charge in [-0.3, -0.25) is 4.79 Å². The second-order valence-corrected chi connectivity index (χ2v) is 2.61. The number of rotatable bonds is 2. The van der Waals surface area contributed by atoms with Crippen molar-refractivity contribution in [3.8, 4) is 0 Å². The van der Waals surface area contributed by atoms with Crippen molar-refractivity contribution in [3.05, 3.63) is 10.4 Å². The van der Waals surface area contributed by atoms with Crippen molar-refractivity contribution >= 4 is 26.4 Å². The third kappa shape index (κ3) is 4.15. The number of carbonyl (C=O) groups is 1. The van der Waals surface area contributed by atoms with Gasteiger partial charge in [-0.1, -0.05) is 5.47 Å². The summed E-state index contributed by atoms with van der Waals surface area (Å²) in [5.41, 5.74) is 0.811. The summed E-state index contributed by atoms with van der Waals surface area (Å²) in [6.07, 6.45) is 0.0926. The Morgan fingerprint density at radius 1 is 1.78 bits per heavy atom. The van der Waals surface area contributed by atoms with E-state index in [1.165, 1.54) is 0 Å². The summed E-state index contributed by atoms with van der Waals surface area (Å²) in [5, 5.41) is 8.26. The van der Waals surface area contributed by atoms with E-state index in [-0.39, 0.29) is 6.42 Å². The van der Waals surface area contributed by atoms with Gasteiger partial charge in [0.1, 0.15) is 7.85 Å². The standard InChI is InChI=1S/C5H9BO2S/c1-3(9)4(6)2-5(7)8/h9H,2,6H2,1H3,(H,7,8). The minimum atomic E-state index is -0.805. The largest absolute Gasteiger partial charge is 0.481 e. The minimum absolute atomic E-state index is 0.0926. The average Bonchev–Trinajstić information content (AvgIpc) is 1.63. The van der Waals surface area contributed by atoms with E-state index in [1.807, 2.05) is 0 Å². The van der Waals surface area contributed by atoms with Gasteiger partial charge in [-0.05, 0) is 11.8 Å². The Balaban J connectivity index is 3.92. The van der Waals surface area contributed by atoms with Gasteiger partial charge >= 0.3 is 5.97 Å². The highest BCUT2D eigenvalue weighted by atomic mass is 32.1. The molecule has 0 bridgehead atoms. The molecule has 4 heteroatoms. The Morgan fingerprint density at radius 3 is 2.33 bits per heavy atom. The van der Waals surface area contributed by atoms with Gasteiger partial charge in [0.25, 0.3) is 0 Å². The predicted molar refractivity (Wildman–Crippen MR) is 42.5 cm³/mol. The molecule has 0 aromatic carbocycles. The van der Waals surface area contributed by atoms with Crippen molar-refractivity contribution in [3.63, 3.8) is 0 Å². The maximum absolute atomic E-state index is 10.0. The van der Waals surface area contributed by atoms with Crippen molar-refractivity contribution in [2.75, 3.05) is 0 Å². The second-order valence-electron chi connectivity index (χ2n) is 1.94.